The molecule has 2 aromatic carbocycles. The van der Waals surface area contributed by atoms with Gasteiger partial charge in [-0.2, -0.15) is 0 Å². The van der Waals surface area contributed by atoms with Gasteiger partial charge < -0.3 is 16.0 Å². The first-order valence-corrected chi connectivity index (χ1v) is 12.1. The summed E-state index contributed by atoms with van der Waals surface area (Å²) in [4.78, 5) is 28.5. The van der Waals surface area contributed by atoms with E-state index < -0.39 is 0 Å². The first-order valence-electron chi connectivity index (χ1n) is 11.2. The molecule has 3 N–H and O–H groups in total. The Kier molecular flexibility index (Phi) is 7.42. The number of thiophene rings is 1. The molecule has 0 atom stereocenters. The fraction of sp³-hybridized carbons (Fsp3) is 0.308. The van der Waals surface area contributed by atoms with Gasteiger partial charge in [0.1, 0.15) is 0 Å². The van der Waals surface area contributed by atoms with Crippen LogP contribution in [0, 0.1) is 0 Å². The van der Waals surface area contributed by atoms with Crippen LogP contribution in [0.4, 0.5) is 10.5 Å². The van der Waals surface area contributed by atoms with Crippen molar-refractivity contribution in [3.63, 3.8) is 0 Å². The molecule has 3 aromatic rings. The highest BCUT2D eigenvalue weighted by molar-refractivity contribution is 7.09. The first kappa shape index (κ1) is 23.0. The first-order chi connectivity index (χ1) is 16.0. The predicted molar refractivity (Wildman–Crippen MR) is 133 cm³/mol. The van der Waals surface area contributed by atoms with Gasteiger partial charge in [0.25, 0.3) is 5.91 Å². The number of hydrogen-bond acceptors (Lipinski definition) is 4. The van der Waals surface area contributed by atoms with Gasteiger partial charge in [-0.25, -0.2) is 4.79 Å². The summed E-state index contributed by atoms with van der Waals surface area (Å²) >= 11 is 1.60. The molecule has 1 aliphatic carbocycles. The molecule has 1 heterocycles. The summed E-state index contributed by atoms with van der Waals surface area (Å²) in [5, 5.41) is 10.8. The Hall–Kier alpha value is -3.16. The van der Waals surface area contributed by atoms with Gasteiger partial charge in [-0.3, -0.25) is 9.69 Å². The van der Waals surface area contributed by atoms with E-state index in [0.717, 1.165) is 24.3 Å². The molecule has 0 saturated heterocycles. The standard InChI is InChI=1S/C26H30N4O2S/c1-30(18-20-8-3-2-4-9-20)26(13-7-14-26)19-28-25(32)29-22-11-5-10-21(16-22)24(31)27-17-23-12-6-15-33-23/h2-6,8-12,15-16H,7,13-14,17-19H2,1H3,(H,27,31)(H2,28,29,32). The van der Waals surface area contributed by atoms with Gasteiger partial charge in [0.2, 0.25) is 0 Å². The van der Waals surface area contributed by atoms with E-state index in [2.05, 4.69) is 52.2 Å². The number of amides is 3. The topological polar surface area (TPSA) is 73.5 Å². The molecule has 4 rings (SSSR count). The average Bonchev–Trinajstić information content (AvgIpc) is 3.31. The normalized spacial score (nSPS) is 14.4. The summed E-state index contributed by atoms with van der Waals surface area (Å²) in [6, 6.07) is 21.1. The van der Waals surface area contributed by atoms with Crippen LogP contribution in [0.15, 0.2) is 72.1 Å². The van der Waals surface area contributed by atoms with Crippen molar-refractivity contribution in [2.24, 2.45) is 0 Å². The van der Waals surface area contributed by atoms with E-state index in [-0.39, 0.29) is 17.5 Å². The number of hydrogen-bond donors (Lipinski definition) is 3. The van der Waals surface area contributed by atoms with Crippen LogP contribution in [-0.2, 0) is 13.1 Å². The molecule has 1 aliphatic rings. The lowest BCUT2D eigenvalue weighted by molar-refractivity contribution is 0.0344. The zero-order chi connectivity index (χ0) is 23.1. The number of benzene rings is 2. The molecule has 1 aromatic heterocycles. The van der Waals surface area contributed by atoms with Crippen LogP contribution >= 0.6 is 11.3 Å². The lowest BCUT2D eigenvalue weighted by atomic mass is 9.75. The third-order valence-electron chi connectivity index (χ3n) is 6.32. The number of urea groups is 1. The second-order valence-electron chi connectivity index (χ2n) is 8.57. The molecule has 172 valence electrons. The number of anilines is 1. The maximum atomic E-state index is 12.6. The predicted octanol–water partition coefficient (Wildman–Crippen LogP) is 4.85. The zero-order valence-corrected chi connectivity index (χ0v) is 19.7. The minimum Gasteiger partial charge on any atom is -0.347 e. The van der Waals surface area contributed by atoms with Gasteiger partial charge in [-0.05, 0) is 61.5 Å². The fourth-order valence-corrected chi connectivity index (χ4v) is 4.79. The third-order valence-corrected chi connectivity index (χ3v) is 7.20. The number of rotatable bonds is 9. The summed E-state index contributed by atoms with van der Waals surface area (Å²) in [7, 11) is 2.13. The number of carbonyl (C=O) groups is 2. The van der Waals surface area contributed by atoms with Crippen LogP contribution in [-0.4, -0.2) is 36.0 Å². The summed E-state index contributed by atoms with van der Waals surface area (Å²) in [6.07, 6.45) is 3.30. The maximum Gasteiger partial charge on any atom is 0.319 e. The Morgan fingerprint density at radius 2 is 1.82 bits per heavy atom. The van der Waals surface area contributed by atoms with Crippen LogP contribution in [0.5, 0.6) is 0 Å². The highest BCUT2D eigenvalue weighted by Gasteiger charge is 2.40. The van der Waals surface area contributed by atoms with E-state index in [9.17, 15) is 9.59 Å². The fourth-order valence-electron chi connectivity index (χ4n) is 4.14. The molecule has 7 heteroatoms. The Morgan fingerprint density at radius 3 is 2.52 bits per heavy atom. The number of nitrogens with zero attached hydrogens (tertiary/aromatic N) is 1. The quantitative estimate of drug-likeness (QED) is 0.425. The van der Waals surface area contributed by atoms with Gasteiger partial charge in [0.05, 0.1) is 6.54 Å². The summed E-state index contributed by atoms with van der Waals surface area (Å²) in [5.41, 5.74) is 2.36. The summed E-state index contributed by atoms with van der Waals surface area (Å²) in [6.45, 7) is 1.93. The van der Waals surface area contributed by atoms with Crippen molar-refractivity contribution in [2.45, 2.75) is 37.9 Å². The highest BCUT2D eigenvalue weighted by atomic mass is 32.1. The van der Waals surface area contributed by atoms with Crippen LogP contribution in [0.25, 0.3) is 0 Å². The molecule has 1 saturated carbocycles. The Labute approximate surface area is 199 Å². The monoisotopic (exact) mass is 462 g/mol. The lowest BCUT2D eigenvalue weighted by Crippen LogP contribution is -2.58. The number of likely N-dealkylation sites (N-methyl/N-ethyl adjacent to an activating group) is 1. The molecule has 0 bridgehead atoms. The van der Waals surface area contributed by atoms with Crippen molar-refractivity contribution in [1.82, 2.24) is 15.5 Å². The van der Waals surface area contributed by atoms with Crippen molar-refractivity contribution < 1.29 is 9.59 Å². The molecule has 0 spiro atoms. The van der Waals surface area contributed by atoms with Crippen molar-refractivity contribution in [1.29, 1.82) is 0 Å². The van der Waals surface area contributed by atoms with E-state index >= 15 is 0 Å². The van der Waals surface area contributed by atoms with E-state index in [4.69, 9.17) is 0 Å². The van der Waals surface area contributed by atoms with Gasteiger partial charge in [0.15, 0.2) is 0 Å². The Balaban J connectivity index is 1.29. The Morgan fingerprint density at radius 1 is 1.00 bits per heavy atom. The maximum absolute atomic E-state index is 12.6. The highest BCUT2D eigenvalue weighted by Crippen LogP contribution is 2.37. The minimum atomic E-state index is -0.259. The summed E-state index contributed by atoms with van der Waals surface area (Å²) < 4.78 is 0. The smallest absolute Gasteiger partial charge is 0.319 e. The number of nitrogens with one attached hydrogen (secondary N) is 3. The third kappa shape index (κ3) is 6.00. The largest absolute Gasteiger partial charge is 0.347 e. The minimum absolute atomic E-state index is 0.0172. The SMILES string of the molecule is CN(Cc1ccccc1)C1(CNC(=O)Nc2cccc(C(=O)NCc3cccs3)c2)CCC1. The van der Waals surface area contributed by atoms with E-state index in [1.54, 1.807) is 35.6 Å². The van der Waals surface area contributed by atoms with Crippen LogP contribution in [0.1, 0.15) is 40.1 Å². The molecule has 0 aliphatic heterocycles. The molecule has 1 fully saturated rings. The molecule has 33 heavy (non-hydrogen) atoms. The van der Waals surface area contributed by atoms with Gasteiger partial charge in [0, 0.05) is 34.8 Å². The van der Waals surface area contributed by atoms with Gasteiger partial charge in [-0.15, -0.1) is 11.3 Å². The second kappa shape index (κ2) is 10.6. The second-order valence-corrected chi connectivity index (χ2v) is 9.60. The molecular formula is C26H30N4O2S. The molecule has 6 nitrogen and oxygen atoms in total. The van der Waals surface area contributed by atoms with Crippen LogP contribution in [0.3, 0.4) is 0 Å². The van der Waals surface area contributed by atoms with E-state index in [1.165, 1.54) is 12.0 Å². The molecular weight excluding hydrogens is 432 g/mol. The molecule has 0 unspecified atom stereocenters. The summed E-state index contributed by atoms with van der Waals surface area (Å²) in [5.74, 6) is -0.164. The van der Waals surface area contributed by atoms with Crippen molar-refractivity contribution >= 4 is 29.0 Å². The van der Waals surface area contributed by atoms with Crippen LogP contribution in [0.2, 0.25) is 0 Å². The van der Waals surface area contributed by atoms with E-state index in [1.807, 2.05) is 23.6 Å². The van der Waals surface area contributed by atoms with Crippen molar-refractivity contribution in [3.8, 4) is 0 Å². The number of carbonyl (C=O) groups excluding carboxylic acids is 2. The van der Waals surface area contributed by atoms with E-state index in [0.29, 0.717) is 24.3 Å². The molecule has 3 amide bonds. The Bertz CT molecular complexity index is 1060. The van der Waals surface area contributed by atoms with Gasteiger partial charge in [-0.1, -0.05) is 42.5 Å². The average molecular weight is 463 g/mol. The van der Waals surface area contributed by atoms with Gasteiger partial charge >= 0.3 is 6.03 Å². The van der Waals surface area contributed by atoms with Crippen molar-refractivity contribution in [2.75, 3.05) is 18.9 Å². The zero-order valence-electron chi connectivity index (χ0n) is 18.8. The molecule has 0 radical (unpaired) electrons. The lowest BCUT2D eigenvalue weighted by Gasteiger charge is -2.49. The van der Waals surface area contributed by atoms with Crippen molar-refractivity contribution in [3.05, 3.63) is 88.1 Å². The van der Waals surface area contributed by atoms with Crippen LogP contribution < -0.4 is 16.0 Å².